The Bertz CT molecular complexity index is 848. The Hall–Kier alpha value is -2.57. The van der Waals surface area contributed by atoms with E-state index >= 15 is 0 Å². The molecule has 0 unspecified atom stereocenters. The highest BCUT2D eigenvalue weighted by molar-refractivity contribution is 5.82. The van der Waals surface area contributed by atoms with E-state index < -0.39 is 0 Å². The number of hydrogen-bond acceptors (Lipinski definition) is 5. The Morgan fingerprint density at radius 1 is 1.18 bits per heavy atom. The van der Waals surface area contributed by atoms with Gasteiger partial charge in [-0.05, 0) is 35.2 Å². The van der Waals surface area contributed by atoms with Crippen molar-refractivity contribution in [3.05, 3.63) is 59.2 Å². The maximum absolute atomic E-state index is 13.3. The molecule has 4 rings (SSSR count). The number of morpholine rings is 1. The van der Waals surface area contributed by atoms with Gasteiger partial charge in [0.25, 0.3) is 0 Å². The van der Waals surface area contributed by atoms with Crippen LogP contribution in [0.4, 0.5) is 0 Å². The van der Waals surface area contributed by atoms with Gasteiger partial charge in [0.2, 0.25) is 5.91 Å². The van der Waals surface area contributed by atoms with E-state index in [1.165, 1.54) is 11.1 Å². The maximum Gasteiger partial charge on any atom is 0.240 e. The van der Waals surface area contributed by atoms with Crippen molar-refractivity contribution < 1.29 is 19.4 Å². The maximum atomic E-state index is 13.3. The smallest absolute Gasteiger partial charge is 0.240 e. The first-order chi connectivity index (χ1) is 13.7. The molecule has 2 aromatic carbocycles. The lowest BCUT2D eigenvalue weighted by Gasteiger charge is -2.39. The predicted molar refractivity (Wildman–Crippen MR) is 105 cm³/mol. The number of carbonyl (C=O) groups excluding carboxylic acids is 1. The van der Waals surface area contributed by atoms with E-state index in [1.807, 2.05) is 29.2 Å². The van der Waals surface area contributed by atoms with Crippen LogP contribution >= 0.6 is 0 Å². The second kappa shape index (κ2) is 8.20. The third-order valence-corrected chi connectivity index (χ3v) is 5.58. The van der Waals surface area contributed by atoms with Gasteiger partial charge in [0.05, 0.1) is 26.4 Å². The third-order valence-electron chi connectivity index (χ3n) is 5.58. The van der Waals surface area contributed by atoms with Crippen molar-refractivity contribution in [2.75, 3.05) is 33.4 Å². The van der Waals surface area contributed by atoms with Crippen LogP contribution in [0.1, 0.15) is 16.7 Å². The molecule has 2 aliphatic rings. The fourth-order valence-electron chi connectivity index (χ4n) is 4.04. The first-order valence-corrected chi connectivity index (χ1v) is 9.69. The molecule has 1 saturated heterocycles. The predicted octanol–water partition coefficient (Wildman–Crippen LogP) is 2.19. The molecule has 0 aromatic heterocycles. The number of ether oxygens (including phenoxy) is 2. The minimum atomic E-state index is -0.201. The summed E-state index contributed by atoms with van der Waals surface area (Å²) in [5.74, 6) is 0.741. The summed E-state index contributed by atoms with van der Waals surface area (Å²) in [4.78, 5) is 17.5. The van der Waals surface area contributed by atoms with E-state index in [4.69, 9.17) is 9.47 Å². The summed E-state index contributed by atoms with van der Waals surface area (Å²) in [7, 11) is 1.54. The van der Waals surface area contributed by atoms with Gasteiger partial charge in [-0.2, -0.15) is 0 Å². The molecule has 0 saturated carbocycles. The quantitative estimate of drug-likeness (QED) is 0.878. The zero-order valence-electron chi connectivity index (χ0n) is 16.1. The van der Waals surface area contributed by atoms with Gasteiger partial charge in [0, 0.05) is 26.2 Å². The molecule has 148 valence electrons. The number of methoxy groups -OCH3 is 1. The standard InChI is InChI=1S/C22H26N2O4/c1-27-21-12-16(6-7-20(21)25)14-24-15-18-5-3-2-4-17(18)13-19(24)22(26)23-8-10-28-11-9-23/h2-7,12,19,25H,8-11,13-15H2,1H3/t19-/m0/s1. The topological polar surface area (TPSA) is 62.2 Å². The van der Waals surface area contributed by atoms with Crippen LogP contribution in [0.15, 0.2) is 42.5 Å². The average molecular weight is 382 g/mol. The van der Waals surface area contributed by atoms with Crippen molar-refractivity contribution in [1.82, 2.24) is 9.80 Å². The van der Waals surface area contributed by atoms with Crippen LogP contribution < -0.4 is 4.74 Å². The first-order valence-electron chi connectivity index (χ1n) is 9.69. The normalized spacial score (nSPS) is 19.9. The van der Waals surface area contributed by atoms with Crippen molar-refractivity contribution in [3.63, 3.8) is 0 Å². The molecule has 2 aromatic rings. The van der Waals surface area contributed by atoms with Crippen LogP contribution in [-0.2, 0) is 29.0 Å². The molecule has 2 heterocycles. The van der Waals surface area contributed by atoms with Crippen molar-refractivity contribution in [2.24, 2.45) is 0 Å². The van der Waals surface area contributed by atoms with E-state index in [-0.39, 0.29) is 17.7 Å². The SMILES string of the molecule is COc1cc(CN2Cc3ccccc3C[C@H]2C(=O)N2CCOCC2)ccc1O. The zero-order valence-corrected chi connectivity index (χ0v) is 16.1. The van der Waals surface area contributed by atoms with Crippen LogP contribution in [-0.4, -0.2) is 60.3 Å². The Labute approximate surface area is 165 Å². The highest BCUT2D eigenvalue weighted by atomic mass is 16.5. The molecule has 0 bridgehead atoms. The van der Waals surface area contributed by atoms with Gasteiger partial charge < -0.3 is 19.5 Å². The van der Waals surface area contributed by atoms with Gasteiger partial charge in [-0.25, -0.2) is 0 Å². The van der Waals surface area contributed by atoms with Gasteiger partial charge in [-0.1, -0.05) is 30.3 Å². The molecular weight excluding hydrogens is 356 g/mol. The molecule has 1 N–H and O–H groups in total. The first kappa shape index (κ1) is 18.8. The molecule has 1 fully saturated rings. The van der Waals surface area contributed by atoms with Gasteiger partial charge in [-0.15, -0.1) is 0 Å². The Kier molecular flexibility index (Phi) is 5.50. The molecule has 6 heteroatoms. The highest BCUT2D eigenvalue weighted by Gasteiger charge is 2.34. The molecule has 6 nitrogen and oxygen atoms in total. The number of phenols is 1. The summed E-state index contributed by atoms with van der Waals surface area (Å²) in [6, 6.07) is 13.5. The number of carbonyl (C=O) groups is 1. The number of fused-ring (bicyclic) bond motifs is 1. The number of rotatable bonds is 4. The van der Waals surface area contributed by atoms with Crippen LogP contribution in [0.5, 0.6) is 11.5 Å². The Morgan fingerprint density at radius 3 is 2.68 bits per heavy atom. The fourth-order valence-corrected chi connectivity index (χ4v) is 4.04. The largest absolute Gasteiger partial charge is 0.504 e. The summed E-state index contributed by atoms with van der Waals surface area (Å²) in [6.07, 6.45) is 0.710. The third kappa shape index (κ3) is 3.84. The lowest BCUT2D eigenvalue weighted by atomic mass is 9.92. The van der Waals surface area contributed by atoms with E-state index in [1.54, 1.807) is 13.2 Å². The van der Waals surface area contributed by atoms with Gasteiger partial charge in [-0.3, -0.25) is 9.69 Å². The monoisotopic (exact) mass is 382 g/mol. The van der Waals surface area contributed by atoms with Crippen molar-refractivity contribution >= 4 is 5.91 Å². The molecule has 0 spiro atoms. The number of aromatic hydroxyl groups is 1. The summed E-state index contributed by atoms with van der Waals surface area (Å²) in [6.45, 7) is 3.84. The summed E-state index contributed by atoms with van der Waals surface area (Å²) in [5, 5.41) is 9.87. The summed E-state index contributed by atoms with van der Waals surface area (Å²) >= 11 is 0. The van der Waals surface area contributed by atoms with Crippen LogP contribution in [0.3, 0.4) is 0 Å². The summed E-state index contributed by atoms with van der Waals surface area (Å²) in [5.41, 5.74) is 3.52. The summed E-state index contributed by atoms with van der Waals surface area (Å²) < 4.78 is 10.7. The molecule has 2 aliphatic heterocycles. The zero-order chi connectivity index (χ0) is 19.5. The highest BCUT2D eigenvalue weighted by Crippen LogP contribution is 2.30. The number of nitrogens with zero attached hydrogens (tertiary/aromatic N) is 2. The van der Waals surface area contributed by atoms with Crippen molar-refractivity contribution in [2.45, 2.75) is 25.6 Å². The van der Waals surface area contributed by atoms with Gasteiger partial charge >= 0.3 is 0 Å². The average Bonchev–Trinajstić information content (AvgIpc) is 2.74. The van der Waals surface area contributed by atoms with Crippen molar-refractivity contribution in [3.8, 4) is 11.5 Å². The molecular formula is C22H26N2O4. The second-order valence-corrected chi connectivity index (χ2v) is 7.34. The van der Waals surface area contributed by atoms with E-state index in [2.05, 4.69) is 17.0 Å². The molecule has 28 heavy (non-hydrogen) atoms. The Balaban J connectivity index is 1.60. The minimum absolute atomic E-state index is 0.121. The van der Waals surface area contributed by atoms with Crippen LogP contribution in [0, 0.1) is 0 Å². The van der Waals surface area contributed by atoms with E-state index in [9.17, 15) is 9.90 Å². The lowest BCUT2D eigenvalue weighted by Crippen LogP contribution is -2.53. The van der Waals surface area contributed by atoms with E-state index in [0.717, 1.165) is 12.1 Å². The molecule has 0 aliphatic carbocycles. The molecule has 1 amide bonds. The number of hydrogen-bond donors (Lipinski definition) is 1. The second-order valence-electron chi connectivity index (χ2n) is 7.34. The number of phenolic OH excluding ortho intramolecular Hbond substituents is 1. The fraction of sp³-hybridized carbons (Fsp3) is 0.409. The van der Waals surface area contributed by atoms with Gasteiger partial charge in [0.1, 0.15) is 0 Å². The Morgan fingerprint density at radius 2 is 1.93 bits per heavy atom. The van der Waals surface area contributed by atoms with Crippen LogP contribution in [0.2, 0.25) is 0 Å². The molecule has 1 atom stereocenters. The van der Waals surface area contributed by atoms with Crippen LogP contribution in [0.25, 0.3) is 0 Å². The lowest BCUT2D eigenvalue weighted by molar-refractivity contribution is -0.142. The minimum Gasteiger partial charge on any atom is -0.504 e. The van der Waals surface area contributed by atoms with Crippen molar-refractivity contribution in [1.29, 1.82) is 0 Å². The van der Waals surface area contributed by atoms with Gasteiger partial charge in [0.15, 0.2) is 11.5 Å². The number of amides is 1. The number of benzene rings is 2. The molecule has 0 radical (unpaired) electrons. The van der Waals surface area contributed by atoms with E-state index in [0.29, 0.717) is 45.0 Å².